The lowest BCUT2D eigenvalue weighted by atomic mass is 10.0. The maximum Gasteiger partial charge on any atom is 0.135 e. The summed E-state index contributed by atoms with van der Waals surface area (Å²) in [6.07, 6.45) is 0. The van der Waals surface area contributed by atoms with Crippen molar-refractivity contribution in [3.63, 3.8) is 0 Å². The van der Waals surface area contributed by atoms with E-state index in [1.54, 1.807) is 0 Å². The number of anilines is 3. The fourth-order valence-corrected chi connectivity index (χ4v) is 4.59. The van der Waals surface area contributed by atoms with E-state index in [4.69, 9.17) is 4.42 Å². The van der Waals surface area contributed by atoms with E-state index in [1.165, 1.54) is 11.1 Å². The highest BCUT2D eigenvalue weighted by molar-refractivity contribution is 9.10. The molecule has 0 unspecified atom stereocenters. The average molecular weight is 490 g/mol. The van der Waals surface area contributed by atoms with Gasteiger partial charge in [-0.15, -0.1) is 0 Å². The van der Waals surface area contributed by atoms with Crippen molar-refractivity contribution < 1.29 is 4.42 Å². The second-order valence-corrected chi connectivity index (χ2v) is 8.92. The molecule has 0 atom stereocenters. The van der Waals surface area contributed by atoms with Crippen molar-refractivity contribution in [1.29, 1.82) is 0 Å². The zero-order valence-corrected chi connectivity index (χ0v) is 19.4. The fourth-order valence-electron chi connectivity index (χ4n) is 4.32. The highest BCUT2D eigenvalue weighted by Crippen LogP contribution is 2.39. The number of hydrogen-bond donors (Lipinski definition) is 0. The zero-order valence-electron chi connectivity index (χ0n) is 17.8. The minimum atomic E-state index is 0.901. The summed E-state index contributed by atoms with van der Waals surface area (Å²) in [5.41, 5.74) is 7.51. The van der Waals surface area contributed by atoms with E-state index in [2.05, 4.69) is 124 Å². The van der Waals surface area contributed by atoms with E-state index < -0.39 is 0 Å². The number of hydrogen-bond acceptors (Lipinski definition) is 2. The Morgan fingerprint density at radius 3 is 1.82 bits per heavy atom. The summed E-state index contributed by atoms with van der Waals surface area (Å²) in [6, 6.07) is 42.2. The molecule has 5 aromatic carbocycles. The van der Waals surface area contributed by atoms with Crippen molar-refractivity contribution in [2.24, 2.45) is 0 Å². The molecule has 0 aliphatic rings. The number of nitrogens with zero attached hydrogens (tertiary/aromatic N) is 1. The molecule has 0 fully saturated rings. The molecule has 0 aliphatic carbocycles. The first-order chi connectivity index (χ1) is 16.3. The van der Waals surface area contributed by atoms with E-state index >= 15 is 0 Å². The maximum atomic E-state index is 6.05. The van der Waals surface area contributed by atoms with E-state index in [0.717, 1.165) is 43.5 Å². The van der Waals surface area contributed by atoms with Crippen LogP contribution in [0.2, 0.25) is 0 Å². The first kappa shape index (κ1) is 19.8. The Morgan fingerprint density at radius 2 is 1.06 bits per heavy atom. The van der Waals surface area contributed by atoms with Gasteiger partial charge in [0.15, 0.2) is 0 Å². The Hall–Kier alpha value is -3.82. The molecule has 0 aliphatic heterocycles. The van der Waals surface area contributed by atoms with Crippen LogP contribution in [0.4, 0.5) is 17.1 Å². The molecular weight excluding hydrogens is 470 g/mol. The molecule has 158 valence electrons. The molecule has 0 saturated heterocycles. The van der Waals surface area contributed by atoms with Gasteiger partial charge in [-0.25, -0.2) is 0 Å². The number of para-hydroxylation sites is 2. The van der Waals surface area contributed by atoms with Crippen LogP contribution in [0.25, 0.3) is 33.1 Å². The summed E-state index contributed by atoms with van der Waals surface area (Å²) in [6.45, 7) is 0. The van der Waals surface area contributed by atoms with Crippen molar-refractivity contribution in [2.75, 3.05) is 4.90 Å². The fraction of sp³-hybridized carbons (Fsp3) is 0. The monoisotopic (exact) mass is 489 g/mol. The minimum Gasteiger partial charge on any atom is -0.456 e. The third-order valence-electron chi connectivity index (χ3n) is 5.94. The molecule has 3 heteroatoms. The predicted molar refractivity (Wildman–Crippen MR) is 142 cm³/mol. The number of benzene rings is 5. The predicted octanol–water partition coefficient (Wildman–Crippen LogP) is 9.49. The van der Waals surface area contributed by atoms with Crippen LogP contribution >= 0.6 is 15.9 Å². The quantitative estimate of drug-likeness (QED) is 0.245. The standard InChI is InChI=1S/C30H20BrNO/c31-23-14-10-21(11-15-23)22-12-16-25(17-13-22)32(24-6-2-1-3-7-24)26-18-19-30-28(20-26)27-8-4-5-9-29(27)33-30/h1-20H. The van der Waals surface area contributed by atoms with Crippen LogP contribution in [0.15, 0.2) is 130 Å². The van der Waals surface area contributed by atoms with Gasteiger partial charge in [-0.05, 0) is 71.8 Å². The topological polar surface area (TPSA) is 16.4 Å². The minimum absolute atomic E-state index is 0.901. The van der Waals surface area contributed by atoms with Crippen LogP contribution in [0.1, 0.15) is 0 Å². The summed E-state index contributed by atoms with van der Waals surface area (Å²) in [4.78, 5) is 2.28. The van der Waals surface area contributed by atoms with E-state index in [-0.39, 0.29) is 0 Å². The molecule has 2 nitrogen and oxygen atoms in total. The molecule has 6 rings (SSSR count). The van der Waals surface area contributed by atoms with E-state index in [0.29, 0.717) is 0 Å². The first-order valence-corrected chi connectivity index (χ1v) is 11.7. The van der Waals surface area contributed by atoms with Crippen molar-refractivity contribution in [2.45, 2.75) is 0 Å². The van der Waals surface area contributed by atoms with E-state index in [1.807, 2.05) is 18.2 Å². The van der Waals surface area contributed by atoms with Gasteiger partial charge in [-0.1, -0.05) is 76.6 Å². The van der Waals surface area contributed by atoms with Crippen LogP contribution in [-0.4, -0.2) is 0 Å². The van der Waals surface area contributed by atoms with Gasteiger partial charge >= 0.3 is 0 Å². The van der Waals surface area contributed by atoms with Crippen molar-refractivity contribution in [1.82, 2.24) is 0 Å². The Balaban J connectivity index is 1.47. The smallest absolute Gasteiger partial charge is 0.135 e. The molecule has 0 bridgehead atoms. The van der Waals surface area contributed by atoms with Crippen molar-refractivity contribution in [3.05, 3.63) is 126 Å². The third-order valence-corrected chi connectivity index (χ3v) is 6.46. The molecule has 0 spiro atoms. The lowest BCUT2D eigenvalue weighted by Gasteiger charge is -2.25. The number of halogens is 1. The van der Waals surface area contributed by atoms with Crippen molar-refractivity contribution in [3.8, 4) is 11.1 Å². The van der Waals surface area contributed by atoms with Gasteiger partial charge in [0.1, 0.15) is 11.2 Å². The van der Waals surface area contributed by atoms with Gasteiger partial charge in [-0.3, -0.25) is 0 Å². The Labute approximate surface area is 200 Å². The zero-order chi connectivity index (χ0) is 22.2. The van der Waals surface area contributed by atoms with Crippen LogP contribution in [-0.2, 0) is 0 Å². The Kier molecular flexibility index (Phi) is 4.97. The van der Waals surface area contributed by atoms with E-state index in [9.17, 15) is 0 Å². The summed E-state index contributed by atoms with van der Waals surface area (Å²) < 4.78 is 7.13. The summed E-state index contributed by atoms with van der Waals surface area (Å²) in [7, 11) is 0. The second kappa shape index (κ2) is 8.27. The van der Waals surface area contributed by atoms with Crippen molar-refractivity contribution >= 4 is 54.9 Å². The summed E-state index contributed by atoms with van der Waals surface area (Å²) >= 11 is 3.52. The second-order valence-electron chi connectivity index (χ2n) is 8.00. The molecule has 0 N–H and O–H groups in total. The Bertz CT molecular complexity index is 1550. The molecule has 1 heterocycles. The number of rotatable bonds is 4. The Morgan fingerprint density at radius 1 is 0.485 bits per heavy atom. The van der Waals surface area contributed by atoms with Gasteiger partial charge in [0.05, 0.1) is 0 Å². The normalized spacial score (nSPS) is 11.2. The third kappa shape index (κ3) is 3.71. The van der Waals surface area contributed by atoms with Crippen LogP contribution in [0.3, 0.4) is 0 Å². The lowest BCUT2D eigenvalue weighted by molar-refractivity contribution is 0.669. The van der Waals surface area contributed by atoms with Gasteiger partial charge in [0.2, 0.25) is 0 Å². The largest absolute Gasteiger partial charge is 0.456 e. The van der Waals surface area contributed by atoms with Crippen LogP contribution < -0.4 is 4.90 Å². The van der Waals surface area contributed by atoms with Gasteiger partial charge in [0.25, 0.3) is 0 Å². The molecule has 0 saturated carbocycles. The summed E-state index contributed by atoms with van der Waals surface area (Å²) in [5, 5.41) is 2.25. The number of furan rings is 1. The molecular formula is C30H20BrNO. The van der Waals surface area contributed by atoms with Gasteiger partial charge < -0.3 is 9.32 Å². The highest BCUT2D eigenvalue weighted by Gasteiger charge is 2.15. The van der Waals surface area contributed by atoms with Gasteiger partial charge in [-0.2, -0.15) is 0 Å². The van der Waals surface area contributed by atoms with Crippen LogP contribution in [0, 0.1) is 0 Å². The SMILES string of the molecule is Brc1ccc(-c2ccc(N(c3ccccc3)c3ccc4oc5ccccc5c4c3)cc2)cc1. The number of fused-ring (bicyclic) bond motifs is 3. The molecule has 1 aromatic heterocycles. The van der Waals surface area contributed by atoms with Gasteiger partial charge in [0, 0.05) is 32.3 Å². The first-order valence-electron chi connectivity index (χ1n) is 10.9. The molecule has 0 radical (unpaired) electrons. The molecule has 6 aromatic rings. The highest BCUT2D eigenvalue weighted by atomic mass is 79.9. The molecule has 33 heavy (non-hydrogen) atoms. The van der Waals surface area contributed by atoms with Crippen LogP contribution in [0.5, 0.6) is 0 Å². The average Bonchev–Trinajstić information content (AvgIpc) is 3.24. The maximum absolute atomic E-state index is 6.05. The summed E-state index contributed by atoms with van der Waals surface area (Å²) in [5.74, 6) is 0. The lowest BCUT2D eigenvalue weighted by Crippen LogP contribution is -2.09. The molecule has 0 amide bonds.